The van der Waals surface area contributed by atoms with Crippen LogP contribution in [0.3, 0.4) is 0 Å². The van der Waals surface area contributed by atoms with Crippen molar-refractivity contribution in [3.63, 3.8) is 0 Å². The zero-order valence-electron chi connectivity index (χ0n) is 8.57. The Balaban J connectivity index is 2.30. The molecule has 3 nitrogen and oxygen atoms in total. The molecule has 0 N–H and O–H groups in total. The summed E-state index contributed by atoms with van der Waals surface area (Å²) < 4.78 is 2.05. The van der Waals surface area contributed by atoms with Gasteiger partial charge in [0, 0.05) is 7.05 Å². The van der Waals surface area contributed by atoms with Gasteiger partial charge in [0.25, 0.3) is 0 Å². The van der Waals surface area contributed by atoms with Gasteiger partial charge >= 0.3 is 0 Å². The maximum absolute atomic E-state index is 9.16. The van der Waals surface area contributed by atoms with Gasteiger partial charge in [-0.05, 0) is 25.0 Å². The topological polar surface area (TPSA) is 41.6 Å². The van der Waals surface area contributed by atoms with E-state index in [-0.39, 0.29) is 5.41 Å². The molecule has 0 unspecified atom stereocenters. The molecule has 1 aromatic carbocycles. The molecule has 1 aliphatic rings. The van der Waals surface area contributed by atoms with Crippen molar-refractivity contribution >= 4 is 11.0 Å². The third-order valence-corrected chi connectivity index (χ3v) is 3.18. The van der Waals surface area contributed by atoms with Crippen molar-refractivity contribution in [1.29, 1.82) is 5.26 Å². The van der Waals surface area contributed by atoms with E-state index in [0.717, 1.165) is 29.7 Å². The number of fused-ring (bicyclic) bond motifs is 1. The standard InChI is InChI=1S/C12H11N3/c1-15-10-5-3-2-4-9(10)14-11(15)12(8-13)6-7-12/h2-5H,6-7H2,1H3. The molecule has 3 heteroatoms. The van der Waals surface area contributed by atoms with Crippen LogP contribution in [0.25, 0.3) is 11.0 Å². The second-order valence-corrected chi connectivity index (χ2v) is 4.18. The van der Waals surface area contributed by atoms with E-state index in [0.29, 0.717) is 0 Å². The molecule has 1 fully saturated rings. The molecule has 0 bridgehead atoms. The van der Waals surface area contributed by atoms with Crippen LogP contribution in [-0.4, -0.2) is 9.55 Å². The lowest BCUT2D eigenvalue weighted by Crippen LogP contribution is -2.10. The predicted molar refractivity (Wildman–Crippen MR) is 57.2 cm³/mol. The summed E-state index contributed by atoms with van der Waals surface area (Å²) >= 11 is 0. The summed E-state index contributed by atoms with van der Waals surface area (Å²) in [7, 11) is 1.99. The zero-order chi connectivity index (χ0) is 10.5. The molecule has 1 aromatic heterocycles. The third kappa shape index (κ3) is 1.02. The van der Waals surface area contributed by atoms with Gasteiger partial charge in [-0.3, -0.25) is 0 Å². The van der Waals surface area contributed by atoms with E-state index in [1.165, 1.54) is 0 Å². The Morgan fingerprint density at radius 3 is 2.73 bits per heavy atom. The molecule has 2 aromatic rings. The minimum absolute atomic E-state index is 0.298. The highest BCUT2D eigenvalue weighted by molar-refractivity contribution is 5.76. The van der Waals surface area contributed by atoms with Crippen LogP contribution in [0.1, 0.15) is 18.7 Å². The average Bonchev–Trinajstić information content (AvgIpc) is 3.00. The Labute approximate surface area is 88.0 Å². The van der Waals surface area contributed by atoms with Crippen LogP contribution in [0.5, 0.6) is 0 Å². The number of benzene rings is 1. The van der Waals surface area contributed by atoms with Gasteiger partial charge in [-0.15, -0.1) is 0 Å². The molecule has 0 aliphatic heterocycles. The van der Waals surface area contributed by atoms with E-state index in [1.807, 2.05) is 35.9 Å². The fourth-order valence-electron chi connectivity index (χ4n) is 2.08. The Bertz CT molecular complexity index is 570. The summed E-state index contributed by atoms with van der Waals surface area (Å²) in [5.41, 5.74) is 1.79. The number of rotatable bonds is 1. The minimum atomic E-state index is -0.298. The van der Waals surface area contributed by atoms with E-state index < -0.39 is 0 Å². The van der Waals surface area contributed by atoms with Gasteiger partial charge in [-0.2, -0.15) is 5.26 Å². The first-order valence-electron chi connectivity index (χ1n) is 5.10. The maximum atomic E-state index is 9.16. The van der Waals surface area contributed by atoms with Crippen LogP contribution in [0.4, 0.5) is 0 Å². The number of aromatic nitrogens is 2. The number of hydrogen-bond acceptors (Lipinski definition) is 2. The van der Waals surface area contributed by atoms with E-state index in [2.05, 4.69) is 11.1 Å². The molecule has 74 valence electrons. The van der Waals surface area contributed by atoms with Crippen molar-refractivity contribution in [3.8, 4) is 6.07 Å². The molecular weight excluding hydrogens is 186 g/mol. The highest BCUT2D eigenvalue weighted by Crippen LogP contribution is 2.47. The molecule has 1 aliphatic carbocycles. The van der Waals surface area contributed by atoms with Crippen molar-refractivity contribution in [3.05, 3.63) is 30.1 Å². The number of nitrogens with zero attached hydrogens (tertiary/aromatic N) is 3. The molecule has 0 atom stereocenters. The fourth-order valence-corrected chi connectivity index (χ4v) is 2.08. The summed E-state index contributed by atoms with van der Waals surface area (Å²) in [6.07, 6.45) is 1.89. The van der Waals surface area contributed by atoms with Crippen molar-refractivity contribution in [2.24, 2.45) is 7.05 Å². The van der Waals surface area contributed by atoms with Gasteiger partial charge in [0.15, 0.2) is 0 Å². The van der Waals surface area contributed by atoms with Crippen LogP contribution in [-0.2, 0) is 12.5 Å². The summed E-state index contributed by atoms with van der Waals surface area (Å²) in [5.74, 6) is 0.922. The van der Waals surface area contributed by atoms with Gasteiger partial charge in [-0.1, -0.05) is 12.1 Å². The molecule has 1 heterocycles. The molecule has 15 heavy (non-hydrogen) atoms. The summed E-state index contributed by atoms with van der Waals surface area (Å²) in [5, 5.41) is 9.16. The van der Waals surface area contributed by atoms with Gasteiger partial charge in [0.05, 0.1) is 17.1 Å². The lowest BCUT2D eigenvalue weighted by atomic mass is 10.1. The van der Waals surface area contributed by atoms with Gasteiger partial charge in [0.1, 0.15) is 11.2 Å². The van der Waals surface area contributed by atoms with Gasteiger partial charge < -0.3 is 4.57 Å². The summed E-state index contributed by atoms with van der Waals surface area (Å²) in [6.45, 7) is 0. The fraction of sp³-hybridized carbons (Fsp3) is 0.333. The number of imidazole rings is 1. The smallest absolute Gasteiger partial charge is 0.130 e. The van der Waals surface area contributed by atoms with E-state index in [9.17, 15) is 0 Å². The van der Waals surface area contributed by atoms with Crippen molar-refractivity contribution < 1.29 is 0 Å². The number of nitriles is 1. The first kappa shape index (κ1) is 8.49. The van der Waals surface area contributed by atoms with Crippen LogP contribution in [0, 0.1) is 11.3 Å². The van der Waals surface area contributed by atoms with Crippen molar-refractivity contribution in [2.75, 3.05) is 0 Å². The Kier molecular flexibility index (Phi) is 1.47. The minimum Gasteiger partial charge on any atom is -0.330 e. The Hall–Kier alpha value is -1.82. The molecule has 0 saturated heterocycles. The lowest BCUT2D eigenvalue weighted by molar-refractivity contribution is 0.736. The normalized spacial score (nSPS) is 17.6. The number of para-hydroxylation sites is 2. The molecule has 0 amide bonds. The largest absolute Gasteiger partial charge is 0.330 e. The van der Waals surface area contributed by atoms with Gasteiger partial charge in [-0.25, -0.2) is 4.98 Å². The molecular formula is C12H11N3. The number of aryl methyl sites for hydroxylation is 1. The lowest BCUT2D eigenvalue weighted by Gasteiger charge is -2.05. The van der Waals surface area contributed by atoms with Crippen LogP contribution in [0.15, 0.2) is 24.3 Å². The van der Waals surface area contributed by atoms with E-state index in [4.69, 9.17) is 5.26 Å². The first-order valence-corrected chi connectivity index (χ1v) is 5.10. The third-order valence-electron chi connectivity index (χ3n) is 3.18. The predicted octanol–water partition coefficient (Wildman–Crippen LogP) is 2.13. The molecule has 1 saturated carbocycles. The summed E-state index contributed by atoms with van der Waals surface area (Å²) in [6, 6.07) is 10.4. The van der Waals surface area contributed by atoms with Crippen LogP contribution >= 0.6 is 0 Å². The second-order valence-electron chi connectivity index (χ2n) is 4.18. The Morgan fingerprint density at radius 2 is 2.13 bits per heavy atom. The van der Waals surface area contributed by atoms with Gasteiger partial charge in [0.2, 0.25) is 0 Å². The highest BCUT2D eigenvalue weighted by Gasteiger charge is 2.48. The quantitative estimate of drug-likeness (QED) is 0.702. The van der Waals surface area contributed by atoms with Crippen molar-refractivity contribution in [1.82, 2.24) is 9.55 Å². The Morgan fingerprint density at radius 1 is 1.40 bits per heavy atom. The molecule has 0 radical (unpaired) electrons. The monoisotopic (exact) mass is 197 g/mol. The van der Waals surface area contributed by atoms with Crippen molar-refractivity contribution in [2.45, 2.75) is 18.3 Å². The SMILES string of the molecule is Cn1c(C2(C#N)CC2)nc2ccccc21. The highest BCUT2D eigenvalue weighted by atomic mass is 15.1. The maximum Gasteiger partial charge on any atom is 0.130 e. The van der Waals surface area contributed by atoms with Crippen LogP contribution in [0.2, 0.25) is 0 Å². The van der Waals surface area contributed by atoms with Crippen LogP contribution < -0.4 is 0 Å². The number of hydrogen-bond donors (Lipinski definition) is 0. The summed E-state index contributed by atoms with van der Waals surface area (Å²) in [4.78, 5) is 4.56. The average molecular weight is 197 g/mol. The second kappa shape index (κ2) is 2.60. The molecule has 3 rings (SSSR count). The first-order chi connectivity index (χ1) is 7.27. The van der Waals surface area contributed by atoms with E-state index >= 15 is 0 Å². The van der Waals surface area contributed by atoms with E-state index in [1.54, 1.807) is 0 Å². The molecule has 0 spiro atoms. The zero-order valence-corrected chi connectivity index (χ0v) is 8.57.